The molecule has 5 heteroatoms. The van der Waals surface area contributed by atoms with Crippen molar-refractivity contribution in [1.82, 2.24) is 9.97 Å². The van der Waals surface area contributed by atoms with Crippen molar-refractivity contribution in [2.75, 3.05) is 0 Å². The predicted molar refractivity (Wildman–Crippen MR) is 105 cm³/mol. The van der Waals surface area contributed by atoms with Gasteiger partial charge in [-0.15, -0.1) is 60.2 Å². The molecule has 0 spiro atoms. The second-order valence-electron chi connectivity index (χ2n) is 5.69. The Morgan fingerprint density at radius 3 is 2.39 bits per heavy atom. The molecule has 4 nitrogen and oxygen atoms in total. The molecule has 2 aromatic carbocycles. The Bertz CT molecular complexity index is 1200. The molecular weight excluding hydrogens is 528 g/mol. The van der Waals surface area contributed by atoms with Crippen LogP contribution in [0.5, 0.6) is 0 Å². The van der Waals surface area contributed by atoms with Crippen LogP contribution >= 0.6 is 0 Å². The molecule has 1 radical (unpaired) electrons. The van der Waals surface area contributed by atoms with Crippen molar-refractivity contribution in [1.29, 1.82) is 0 Å². The number of rotatable bonds is 1. The summed E-state index contributed by atoms with van der Waals surface area (Å²) in [4.78, 5) is 20.0. The third kappa shape index (κ3) is 4.22. The summed E-state index contributed by atoms with van der Waals surface area (Å²) in [7, 11) is 0. The predicted octanol–water partition coefficient (Wildman–Crippen LogP) is 4.69. The molecule has 0 amide bonds. The first-order valence-electron chi connectivity index (χ1n) is 8.39. The van der Waals surface area contributed by atoms with Crippen LogP contribution in [0.1, 0.15) is 0 Å². The van der Waals surface area contributed by atoms with Crippen molar-refractivity contribution in [3.63, 3.8) is 0 Å². The summed E-state index contributed by atoms with van der Waals surface area (Å²) in [5.74, 6) is 0. The van der Waals surface area contributed by atoms with Crippen molar-refractivity contribution in [3.8, 4) is 11.3 Å². The Kier molecular flexibility index (Phi) is 6.43. The van der Waals surface area contributed by atoms with Crippen LogP contribution in [0.4, 0.5) is 0 Å². The molecule has 0 aliphatic heterocycles. The molecule has 0 fully saturated rings. The van der Waals surface area contributed by atoms with E-state index in [1.807, 2.05) is 42.5 Å². The Morgan fingerprint density at radius 1 is 0.786 bits per heavy atom. The maximum atomic E-state index is 11.6. The molecular formula is C23H14IrN2O2-2. The van der Waals surface area contributed by atoms with Gasteiger partial charge in [-0.3, -0.25) is 0 Å². The van der Waals surface area contributed by atoms with Gasteiger partial charge in [-0.05, 0) is 17.8 Å². The van der Waals surface area contributed by atoms with E-state index in [2.05, 4.69) is 22.1 Å². The topological polar surface area (TPSA) is 56.0 Å². The molecule has 0 aliphatic rings. The first kappa shape index (κ1) is 19.6. The minimum atomic E-state index is -0.356. The van der Waals surface area contributed by atoms with Crippen LogP contribution in [-0.2, 0) is 20.1 Å². The minimum absolute atomic E-state index is 0. The van der Waals surface area contributed by atoms with Crippen molar-refractivity contribution in [2.45, 2.75) is 0 Å². The third-order valence-electron chi connectivity index (χ3n) is 3.93. The van der Waals surface area contributed by atoms with Gasteiger partial charge in [0, 0.05) is 49.0 Å². The fourth-order valence-corrected chi connectivity index (χ4v) is 2.69. The zero-order valence-corrected chi connectivity index (χ0v) is 17.0. The van der Waals surface area contributed by atoms with E-state index < -0.39 is 0 Å². The number of hydrogen-bond acceptors (Lipinski definition) is 4. The molecule has 0 saturated heterocycles. The second-order valence-corrected chi connectivity index (χ2v) is 5.69. The summed E-state index contributed by atoms with van der Waals surface area (Å²) in [6, 6.07) is 28.6. The van der Waals surface area contributed by atoms with Crippen molar-refractivity contribution < 1.29 is 24.5 Å². The number of hydrogen-bond donors (Lipinski definition) is 0. The van der Waals surface area contributed by atoms with Crippen molar-refractivity contribution in [3.05, 3.63) is 108 Å². The normalized spacial score (nSPS) is 10.0. The summed E-state index contributed by atoms with van der Waals surface area (Å²) >= 11 is 0. The fourth-order valence-electron chi connectivity index (χ4n) is 2.69. The number of fused-ring (bicyclic) bond motifs is 3. The average molecular weight is 543 g/mol. The zero-order valence-electron chi connectivity index (χ0n) is 14.6. The van der Waals surface area contributed by atoms with Gasteiger partial charge in [0.25, 0.3) is 0 Å². The van der Waals surface area contributed by atoms with E-state index in [4.69, 9.17) is 4.42 Å². The van der Waals surface area contributed by atoms with E-state index in [1.165, 1.54) is 0 Å². The van der Waals surface area contributed by atoms with Crippen LogP contribution in [0.25, 0.3) is 33.1 Å². The first-order chi connectivity index (χ1) is 13.3. The van der Waals surface area contributed by atoms with Crippen LogP contribution in [-0.4, -0.2) is 9.97 Å². The molecule has 139 valence electrons. The van der Waals surface area contributed by atoms with Gasteiger partial charge >= 0.3 is 5.63 Å². The summed E-state index contributed by atoms with van der Waals surface area (Å²) < 4.78 is 5.15. The molecule has 28 heavy (non-hydrogen) atoms. The number of pyridine rings is 2. The molecule has 0 saturated carbocycles. The van der Waals surface area contributed by atoms with Gasteiger partial charge in [-0.25, -0.2) is 4.79 Å². The molecule has 0 aliphatic carbocycles. The van der Waals surface area contributed by atoms with Gasteiger partial charge in [0.1, 0.15) is 0 Å². The summed E-state index contributed by atoms with van der Waals surface area (Å²) in [6.45, 7) is 0. The Balaban J connectivity index is 0.000000159. The van der Waals surface area contributed by atoms with E-state index in [-0.39, 0.29) is 25.7 Å². The van der Waals surface area contributed by atoms with Crippen molar-refractivity contribution >= 4 is 21.9 Å². The molecule has 0 unspecified atom stereocenters. The van der Waals surface area contributed by atoms with Gasteiger partial charge < -0.3 is 14.4 Å². The summed E-state index contributed by atoms with van der Waals surface area (Å²) in [6.07, 6.45) is 3.44. The van der Waals surface area contributed by atoms with Crippen LogP contribution < -0.4 is 5.63 Å². The van der Waals surface area contributed by atoms with Gasteiger partial charge in [0.05, 0.1) is 0 Å². The molecule has 3 aromatic heterocycles. The van der Waals surface area contributed by atoms with Crippen LogP contribution in [0, 0.1) is 12.1 Å². The number of aromatic nitrogens is 2. The molecule has 5 aromatic rings. The average Bonchev–Trinajstić information content (AvgIpc) is 2.76. The first-order valence-corrected chi connectivity index (χ1v) is 8.39. The van der Waals surface area contributed by atoms with Gasteiger partial charge in [-0.2, -0.15) is 0 Å². The quantitative estimate of drug-likeness (QED) is 0.175. The molecule has 3 heterocycles. The van der Waals surface area contributed by atoms with Crippen LogP contribution in [0.3, 0.4) is 0 Å². The van der Waals surface area contributed by atoms with E-state index >= 15 is 0 Å². The monoisotopic (exact) mass is 543 g/mol. The van der Waals surface area contributed by atoms with Gasteiger partial charge in [-0.1, -0.05) is 23.6 Å². The van der Waals surface area contributed by atoms with Gasteiger partial charge in [0.2, 0.25) is 0 Å². The Hall–Kier alpha value is -3.14. The third-order valence-corrected chi connectivity index (χ3v) is 3.93. The molecule has 0 bridgehead atoms. The number of benzene rings is 2. The summed E-state index contributed by atoms with van der Waals surface area (Å²) in [5.41, 5.74) is 2.82. The van der Waals surface area contributed by atoms with Gasteiger partial charge in [0.15, 0.2) is 0 Å². The Labute approximate surface area is 175 Å². The molecule has 5 rings (SSSR count). The summed E-state index contributed by atoms with van der Waals surface area (Å²) in [5, 5.41) is 1.24. The SMILES string of the molecule is O=c1oc2ccc[c-]c2c2ncccc12.[Ir].[c-]1ccccc1-c1ccccn1. The molecule has 0 N–H and O–H groups in total. The maximum absolute atomic E-state index is 11.6. The molecule has 0 atom stereocenters. The minimum Gasteiger partial charge on any atom is -0.472 e. The van der Waals surface area contributed by atoms with E-state index in [0.717, 1.165) is 16.6 Å². The standard InChI is InChI=1S/C12H6NO2.C11H8N.Ir/c14-12-9-5-3-7-13-11(9)8-4-1-2-6-10(8)15-12;1-2-6-10(7-3-1)11-8-4-5-9-12-11;/h1-3,5-7H;1-6,8-9H;/q2*-1;. The smallest absolute Gasteiger partial charge is 0.327 e. The largest absolute Gasteiger partial charge is 0.472 e. The Morgan fingerprint density at radius 2 is 1.61 bits per heavy atom. The fraction of sp³-hybridized carbons (Fsp3) is 0. The maximum Gasteiger partial charge on any atom is 0.327 e. The van der Waals surface area contributed by atoms with Crippen molar-refractivity contribution in [2.24, 2.45) is 0 Å². The van der Waals surface area contributed by atoms with Crippen LogP contribution in [0.2, 0.25) is 0 Å². The second kappa shape index (κ2) is 9.18. The van der Waals surface area contributed by atoms with Crippen LogP contribution in [0.15, 0.2) is 94.4 Å². The zero-order chi connectivity index (χ0) is 18.5. The number of nitrogens with zero attached hydrogens (tertiary/aromatic N) is 2. The van der Waals surface area contributed by atoms with E-state index in [1.54, 1.807) is 42.7 Å². The van der Waals surface area contributed by atoms with E-state index in [9.17, 15) is 4.79 Å². The van der Waals surface area contributed by atoms with E-state index in [0.29, 0.717) is 16.5 Å².